The maximum absolute atomic E-state index is 11.2. The van der Waals surface area contributed by atoms with E-state index in [0.717, 1.165) is 23.1 Å². The molecule has 0 atom stereocenters. The Morgan fingerprint density at radius 3 is 2.70 bits per heavy atom. The first-order valence-electron chi connectivity index (χ1n) is 8.28. The van der Waals surface area contributed by atoms with Gasteiger partial charge in [-0.2, -0.15) is 0 Å². The van der Waals surface area contributed by atoms with Crippen LogP contribution in [0, 0.1) is 0 Å². The lowest BCUT2D eigenvalue weighted by atomic mass is 9.93. The Morgan fingerprint density at radius 1 is 1.17 bits per heavy atom. The van der Waals surface area contributed by atoms with Crippen LogP contribution >= 0.6 is 0 Å². The summed E-state index contributed by atoms with van der Waals surface area (Å²) < 4.78 is 2.21. The summed E-state index contributed by atoms with van der Waals surface area (Å²) in [6.07, 6.45) is 7.86. The molecule has 3 nitrogen and oxygen atoms in total. The number of rotatable bonds is 3. The smallest absolute Gasteiger partial charge is 0.150 e. The molecule has 3 heteroatoms. The summed E-state index contributed by atoms with van der Waals surface area (Å²) in [5.41, 5.74) is 5.48. The van der Waals surface area contributed by atoms with Gasteiger partial charge in [0.1, 0.15) is 6.29 Å². The van der Waals surface area contributed by atoms with Gasteiger partial charge in [0.05, 0.1) is 11.4 Å². The number of benzene rings is 1. The second kappa shape index (κ2) is 5.65. The SMILES string of the molecule is Cn1c(-c2ccccn2)c(C2CCCC2)c2ccc(C=O)cc21. The first-order chi connectivity index (χ1) is 11.3. The summed E-state index contributed by atoms with van der Waals surface area (Å²) in [6, 6.07) is 12.1. The molecule has 0 saturated heterocycles. The number of nitrogens with zero attached hydrogens (tertiary/aromatic N) is 2. The van der Waals surface area contributed by atoms with Crippen LogP contribution < -0.4 is 0 Å². The third-order valence-electron chi connectivity index (χ3n) is 5.07. The van der Waals surface area contributed by atoms with Crippen molar-refractivity contribution < 1.29 is 4.79 Å². The first-order valence-corrected chi connectivity index (χ1v) is 8.28. The number of hydrogen-bond acceptors (Lipinski definition) is 2. The highest BCUT2D eigenvalue weighted by Crippen LogP contribution is 2.44. The first kappa shape index (κ1) is 14.2. The lowest BCUT2D eigenvalue weighted by molar-refractivity contribution is 0.112. The molecule has 0 amide bonds. The third-order valence-corrected chi connectivity index (χ3v) is 5.07. The molecule has 2 aromatic heterocycles. The molecule has 1 aromatic carbocycles. The van der Waals surface area contributed by atoms with Gasteiger partial charge in [0, 0.05) is 29.7 Å². The van der Waals surface area contributed by atoms with Crippen LogP contribution in [0.4, 0.5) is 0 Å². The van der Waals surface area contributed by atoms with Gasteiger partial charge in [-0.15, -0.1) is 0 Å². The Bertz CT molecular complexity index is 858. The molecule has 1 aliphatic rings. The van der Waals surface area contributed by atoms with Gasteiger partial charge in [0.25, 0.3) is 0 Å². The number of hydrogen-bond donors (Lipinski definition) is 0. The van der Waals surface area contributed by atoms with Crippen molar-refractivity contribution in [2.24, 2.45) is 7.05 Å². The number of pyridine rings is 1. The Balaban J connectivity index is 2.04. The van der Waals surface area contributed by atoms with E-state index in [4.69, 9.17) is 0 Å². The van der Waals surface area contributed by atoms with E-state index in [-0.39, 0.29) is 0 Å². The molecule has 1 fully saturated rings. The van der Waals surface area contributed by atoms with E-state index in [9.17, 15) is 4.79 Å². The zero-order valence-corrected chi connectivity index (χ0v) is 13.3. The molecule has 1 aliphatic carbocycles. The lowest BCUT2D eigenvalue weighted by Gasteiger charge is -2.13. The zero-order valence-electron chi connectivity index (χ0n) is 13.3. The topological polar surface area (TPSA) is 34.9 Å². The molecule has 116 valence electrons. The molecule has 0 N–H and O–H groups in total. The standard InChI is InChI=1S/C20H20N2O/c1-22-18-12-14(13-23)9-10-16(18)19(15-6-2-3-7-15)20(22)17-8-4-5-11-21-17/h4-5,8-13,15H,2-3,6-7H2,1H3. The van der Waals surface area contributed by atoms with E-state index >= 15 is 0 Å². The Morgan fingerprint density at radius 2 is 2.00 bits per heavy atom. The maximum Gasteiger partial charge on any atom is 0.150 e. The number of carbonyl (C=O) groups excluding carboxylic acids is 1. The monoisotopic (exact) mass is 304 g/mol. The Labute approximate surface area is 136 Å². The average molecular weight is 304 g/mol. The summed E-state index contributed by atoms with van der Waals surface area (Å²) in [5.74, 6) is 0.595. The molecule has 0 aliphatic heterocycles. The van der Waals surface area contributed by atoms with Crippen LogP contribution in [0.3, 0.4) is 0 Å². The lowest BCUT2D eigenvalue weighted by Crippen LogP contribution is -1.99. The highest BCUT2D eigenvalue weighted by Gasteiger charge is 2.26. The van der Waals surface area contributed by atoms with Gasteiger partial charge in [-0.25, -0.2) is 0 Å². The van der Waals surface area contributed by atoms with Gasteiger partial charge in [-0.3, -0.25) is 9.78 Å². The van der Waals surface area contributed by atoms with Crippen LogP contribution in [0.1, 0.15) is 47.5 Å². The summed E-state index contributed by atoms with van der Waals surface area (Å²) in [6.45, 7) is 0. The predicted molar refractivity (Wildman–Crippen MR) is 92.7 cm³/mol. The van der Waals surface area contributed by atoms with E-state index in [1.165, 1.54) is 42.3 Å². The summed E-state index contributed by atoms with van der Waals surface area (Å²) in [5, 5.41) is 1.27. The van der Waals surface area contributed by atoms with Crippen molar-refractivity contribution in [3.63, 3.8) is 0 Å². The second-order valence-corrected chi connectivity index (χ2v) is 6.41. The van der Waals surface area contributed by atoms with E-state index in [1.807, 2.05) is 30.5 Å². The molecule has 0 unspecified atom stereocenters. The van der Waals surface area contributed by atoms with Crippen molar-refractivity contribution in [2.75, 3.05) is 0 Å². The van der Waals surface area contributed by atoms with Gasteiger partial charge in [-0.1, -0.05) is 31.0 Å². The minimum absolute atomic E-state index is 0.595. The van der Waals surface area contributed by atoms with Gasteiger partial charge in [0.2, 0.25) is 0 Å². The van der Waals surface area contributed by atoms with Crippen LogP contribution in [0.2, 0.25) is 0 Å². The zero-order chi connectivity index (χ0) is 15.8. The van der Waals surface area contributed by atoms with Gasteiger partial charge >= 0.3 is 0 Å². The number of aryl methyl sites for hydroxylation is 1. The molecular weight excluding hydrogens is 284 g/mol. The highest BCUT2D eigenvalue weighted by atomic mass is 16.1. The molecular formula is C20H20N2O. The van der Waals surface area contributed by atoms with E-state index in [0.29, 0.717) is 5.92 Å². The van der Waals surface area contributed by atoms with Gasteiger partial charge < -0.3 is 4.57 Å². The Kier molecular flexibility index (Phi) is 3.49. The second-order valence-electron chi connectivity index (χ2n) is 6.41. The minimum Gasteiger partial charge on any atom is -0.342 e. The van der Waals surface area contributed by atoms with Crippen molar-refractivity contribution in [3.05, 3.63) is 53.7 Å². The number of aldehydes is 1. The van der Waals surface area contributed by atoms with Gasteiger partial charge in [-0.05, 0) is 42.5 Å². The average Bonchev–Trinajstić information content (AvgIpc) is 3.22. The van der Waals surface area contributed by atoms with E-state index < -0.39 is 0 Å². The fraction of sp³-hybridized carbons (Fsp3) is 0.300. The predicted octanol–water partition coefficient (Wildman–Crippen LogP) is 4.71. The fourth-order valence-electron chi connectivity index (χ4n) is 4.00. The molecule has 1 saturated carbocycles. The molecule has 0 radical (unpaired) electrons. The van der Waals surface area contributed by atoms with Crippen molar-refractivity contribution in [2.45, 2.75) is 31.6 Å². The normalized spacial score (nSPS) is 15.3. The molecule has 23 heavy (non-hydrogen) atoms. The van der Waals surface area contributed by atoms with Crippen molar-refractivity contribution >= 4 is 17.2 Å². The minimum atomic E-state index is 0.595. The fourth-order valence-corrected chi connectivity index (χ4v) is 4.00. The van der Waals surface area contributed by atoms with Crippen molar-refractivity contribution in [3.8, 4) is 11.4 Å². The van der Waals surface area contributed by atoms with Crippen LogP contribution in [-0.4, -0.2) is 15.8 Å². The summed E-state index contributed by atoms with van der Waals surface area (Å²) >= 11 is 0. The quantitative estimate of drug-likeness (QED) is 0.657. The summed E-state index contributed by atoms with van der Waals surface area (Å²) in [7, 11) is 2.08. The largest absolute Gasteiger partial charge is 0.342 e. The third kappa shape index (κ3) is 2.27. The van der Waals surface area contributed by atoms with Crippen LogP contribution in [0.15, 0.2) is 42.6 Å². The summed E-state index contributed by atoms with van der Waals surface area (Å²) in [4.78, 5) is 15.7. The number of carbonyl (C=O) groups is 1. The number of fused-ring (bicyclic) bond motifs is 1. The Hall–Kier alpha value is -2.42. The molecule has 4 rings (SSSR count). The molecule has 0 spiro atoms. The maximum atomic E-state index is 11.2. The highest BCUT2D eigenvalue weighted by molar-refractivity contribution is 5.95. The molecule has 3 aromatic rings. The van der Waals surface area contributed by atoms with E-state index in [1.54, 1.807) is 0 Å². The molecule has 2 heterocycles. The number of aromatic nitrogens is 2. The van der Waals surface area contributed by atoms with Crippen molar-refractivity contribution in [1.29, 1.82) is 0 Å². The molecule has 0 bridgehead atoms. The van der Waals surface area contributed by atoms with E-state index in [2.05, 4.69) is 28.7 Å². The van der Waals surface area contributed by atoms with Crippen LogP contribution in [0.25, 0.3) is 22.3 Å². The van der Waals surface area contributed by atoms with Crippen LogP contribution in [-0.2, 0) is 7.05 Å². The van der Waals surface area contributed by atoms with Crippen LogP contribution in [0.5, 0.6) is 0 Å². The van der Waals surface area contributed by atoms with Gasteiger partial charge in [0.15, 0.2) is 0 Å². The van der Waals surface area contributed by atoms with Crippen molar-refractivity contribution in [1.82, 2.24) is 9.55 Å².